The van der Waals surface area contributed by atoms with Crippen molar-refractivity contribution < 1.29 is 9.53 Å². The van der Waals surface area contributed by atoms with Crippen molar-refractivity contribution in [3.63, 3.8) is 0 Å². The van der Waals surface area contributed by atoms with Crippen molar-refractivity contribution in [2.24, 2.45) is 11.3 Å². The largest absolute Gasteiger partial charge is 0.377 e. The van der Waals surface area contributed by atoms with Crippen LogP contribution in [0.3, 0.4) is 0 Å². The molecular weight excluding hydrogens is 310 g/mol. The van der Waals surface area contributed by atoms with Crippen LogP contribution in [0.15, 0.2) is 6.20 Å². The summed E-state index contributed by atoms with van der Waals surface area (Å²) < 4.78 is 5.96. The second kappa shape index (κ2) is 6.06. The summed E-state index contributed by atoms with van der Waals surface area (Å²) in [6, 6.07) is 0.277. The lowest BCUT2D eigenvalue weighted by atomic mass is 9.54. The fourth-order valence-corrected chi connectivity index (χ4v) is 5.68. The van der Waals surface area contributed by atoms with E-state index in [0.717, 1.165) is 24.5 Å². The normalized spacial score (nSPS) is 30.9. The van der Waals surface area contributed by atoms with Gasteiger partial charge in [-0.3, -0.25) is 0 Å². The maximum atomic E-state index is 12.3. The van der Waals surface area contributed by atoms with E-state index in [2.05, 4.69) is 22.5 Å². The molecule has 2 saturated carbocycles. The Kier molecular flexibility index (Phi) is 4.05. The lowest BCUT2D eigenvalue weighted by Gasteiger charge is -2.56. The van der Waals surface area contributed by atoms with E-state index < -0.39 is 0 Å². The van der Waals surface area contributed by atoms with E-state index in [4.69, 9.17) is 4.74 Å². The molecule has 6 heteroatoms. The monoisotopic (exact) mass is 335 g/mol. The number of aryl methyl sites for hydroxylation is 1. The van der Waals surface area contributed by atoms with E-state index in [0.29, 0.717) is 24.6 Å². The zero-order valence-corrected chi connectivity index (χ0v) is 14.5. The molecule has 0 unspecified atom stereocenters. The molecule has 5 nitrogen and oxygen atoms in total. The Morgan fingerprint density at radius 2 is 2.30 bits per heavy atom. The van der Waals surface area contributed by atoms with Gasteiger partial charge < -0.3 is 15.4 Å². The Bertz CT molecular complexity index is 582. The number of urea groups is 1. The first-order valence-electron chi connectivity index (χ1n) is 8.76. The smallest absolute Gasteiger partial charge is 0.315 e. The van der Waals surface area contributed by atoms with Crippen molar-refractivity contribution in [1.82, 2.24) is 15.6 Å². The van der Waals surface area contributed by atoms with Crippen molar-refractivity contribution in [3.05, 3.63) is 16.1 Å². The van der Waals surface area contributed by atoms with Gasteiger partial charge in [-0.05, 0) is 26.2 Å². The van der Waals surface area contributed by atoms with Crippen LogP contribution in [-0.2, 0) is 11.2 Å². The minimum atomic E-state index is -0.0279. The van der Waals surface area contributed by atoms with Crippen LogP contribution in [0.4, 0.5) is 4.79 Å². The lowest BCUT2D eigenvalue weighted by molar-refractivity contribution is -0.126. The highest BCUT2D eigenvalue weighted by molar-refractivity contribution is 7.11. The van der Waals surface area contributed by atoms with Crippen LogP contribution in [0, 0.1) is 18.3 Å². The third-order valence-corrected chi connectivity index (χ3v) is 6.84. The van der Waals surface area contributed by atoms with Gasteiger partial charge in [-0.1, -0.05) is 12.8 Å². The molecule has 4 rings (SSSR count). The van der Waals surface area contributed by atoms with Gasteiger partial charge in [-0.25, -0.2) is 9.78 Å². The fraction of sp³-hybridized carbons (Fsp3) is 0.765. The Balaban J connectivity index is 1.29. The topological polar surface area (TPSA) is 63.2 Å². The molecule has 3 fully saturated rings. The number of hydrogen-bond acceptors (Lipinski definition) is 4. The summed E-state index contributed by atoms with van der Waals surface area (Å²) in [4.78, 5) is 17.8. The van der Waals surface area contributed by atoms with E-state index in [1.165, 1.54) is 30.6 Å². The van der Waals surface area contributed by atoms with Crippen LogP contribution < -0.4 is 10.6 Å². The molecule has 0 radical (unpaired) electrons. The van der Waals surface area contributed by atoms with Crippen molar-refractivity contribution >= 4 is 17.4 Å². The average molecular weight is 335 g/mol. The SMILES string of the molecule is Cc1cnc(CCNC(=O)N[C@H]2[C@H]3CCO[C@@H]3C23CCCC3)s1. The summed E-state index contributed by atoms with van der Waals surface area (Å²) in [6.07, 6.45) is 9.14. The molecule has 1 spiro atoms. The number of fused-ring (bicyclic) bond motifs is 2. The third-order valence-electron chi connectivity index (χ3n) is 5.87. The Morgan fingerprint density at radius 3 is 3.04 bits per heavy atom. The molecule has 1 aliphatic heterocycles. The first-order chi connectivity index (χ1) is 11.2. The summed E-state index contributed by atoms with van der Waals surface area (Å²) in [5.74, 6) is 0.528. The predicted octanol–water partition coefficient (Wildman–Crippen LogP) is 2.64. The molecule has 2 N–H and O–H groups in total. The molecule has 3 aliphatic rings. The molecule has 2 heterocycles. The van der Waals surface area contributed by atoms with Crippen LogP contribution in [-0.4, -0.2) is 36.3 Å². The van der Waals surface area contributed by atoms with Crippen LogP contribution in [0.25, 0.3) is 0 Å². The number of hydrogen-bond donors (Lipinski definition) is 2. The molecule has 2 amide bonds. The van der Waals surface area contributed by atoms with Gasteiger partial charge in [0.05, 0.1) is 11.1 Å². The van der Waals surface area contributed by atoms with Crippen LogP contribution in [0.2, 0.25) is 0 Å². The quantitative estimate of drug-likeness (QED) is 0.889. The van der Waals surface area contributed by atoms with Gasteiger partial charge in [0.15, 0.2) is 0 Å². The summed E-state index contributed by atoms with van der Waals surface area (Å²) in [6.45, 7) is 3.56. The Morgan fingerprint density at radius 1 is 1.48 bits per heavy atom. The number of nitrogens with zero attached hydrogens (tertiary/aromatic N) is 1. The van der Waals surface area contributed by atoms with Gasteiger partial charge in [-0.15, -0.1) is 11.3 Å². The number of amides is 2. The van der Waals surface area contributed by atoms with E-state index in [1.54, 1.807) is 11.3 Å². The molecule has 1 saturated heterocycles. The maximum Gasteiger partial charge on any atom is 0.315 e. The second-order valence-corrected chi connectivity index (χ2v) is 8.50. The maximum absolute atomic E-state index is 12.3. The van der Waals surface area contributed by atoms with Crippen molar-refractivity contribution in [3.8, 4) is 0 Å². The molecular formula is C17H25N3O2S. The summed E-state index contributed by atoms with van der Waals surface area (Å²) >= 11 is 1.70. The molecule has 23 heavy (non-hydrogen) atoms. The predicted molar refractivity (Wildman–Crippen MR) is 89.6 cm³/mol. The van der Waals surface area contributed by atoms with Crippen LogP contribution >= 0.6 is 11.3 Å². The highest BCUT2D eigenvalue weighted by Crippen LogP contribution is 2.60. The summed E-state index contributed by atoms with van der Waals surface area (Å²) in [7, 11) is 0. The number of nitrogens with one attached hydrogen (secondary N) is 2. The second-order valence-electron chi connectivity index (χ2n) is 7.18. The van der Waals surface area contributed by atoms with Gasteiger partial charge in [0.2, 0.25) is 0 Å². The standard InChI is InChI=1S/C17H25N3O2S/c1-11-10-19-13(23-11)4-8-18-16(21)20-14-12-5-9-22-15(12)17(14)6-2-3-7-17/h10,12,14-15H,2-9H2,1H3,(H2,18,20,21)/t12-,14+,15+/m1/s1. The zero-order chi connectivity index (χ0) is 15.9. The number of carbonyl (C=O) groups is 1. The highest BCUT2D eigenvalue weighted by atomic mass is 32.1. The van der Waals surface area contributed by atoms with Crippen molar-refractivity contribution in [2.75, 3.05) is 13.2 Å². The van der Waals surface area contributed by atoms with Gasteiger partial charge in [0.25, 0.3) is 0 Å². The van der Waals surface area contributed by atoms with Gasteiger partial charge in [0.1, 0.15) is 0 Å². The molecule has 2 aliphatic carbocycles. The fourth-order valence-electron chi connectivity index (χ4n) is 4.90. The number of ether oxygens (including phenoxy) is 1. The first kappa shape index (κ1) is 15.4. The van der Waals surface area contributed by atoms with E-state index in [1.807, 2.05) is 6.20 Å². The molecule has 1 aromatic rings. The van der Waals surface area contributed by atoms with Gasteiger partial charge in [-0.2, -0.15) is 0 Å². The zero-order valence-electron chi connectivity index (χ0n) is 13.6. The van der Waals surface area contributed by atoms with Crippen LogP contribution in [0.5, 0.6) is 0 Å². The Labute approximate surface area is 141 Å². The van der Waals surface area contributed by atoms with Crippen LogP contribution in [0.1, 0.15) is 42.0 Å². The number of rotatable bonds is 4. The van der Waals surface area contributed by atoms with Gasteiger partial charge in [0, 0.05) is 48.0 Å². The summed E-state index contributed by atoms with van der Waals surface area (Å²) in [5, 5.41) is 7.35. The molecule has 3 atom stereocenters. The lowest BCUT2D eigenvalue weighted by Crippen LogP contribution is -2.69. The minimum absolute atomic E-state index is 0.0279. The third kappa shape index (κ3) is 2.66. The highest BCUT2D eigenvalue weighted by Gasteiger charge is 2.65. The number of aromatic nitrogens is 1. The molecule has 0 aromatic carbocycles. The molecule has 126 valence electrons. The number of carbonyl (C=O) groups excluding carboxylic acids is 1. The Hall–Kier alpha value is -1.14. The van der Waals surface area contributed by atoms with E-state index in [-0.39, 0.29) is 11.4 Å². The van der Waals surface area contributed by atoms with E-state index in [9.17, 15) is 4.79 Å². The molecule has 1 aromatic heterocycles. The van der Waals surface area contributed by atoms with Crippen molar-refractivity contribution in [1.29, 1.82) is 0 Å². The van der Waals surface area contributed by atoms with Gasteiger partial charge >= 0.3 is 6.03 Å². The minimum Gasteiger partial charge on any atom is -0.377 e. The summed E-state index contributed by atoms with van der Waals surface area (Å²) in [5.41, 5.74) is 0.227. The average Bonchev–Trinajstić information content (AvgIpc) is 3.24. The molecule has 0 bridgehead atoms. The number of thiazole rings is 1. The van der Waals surface area contributed by atoms with E-state index >= 15 is 0 Å². The van der Waals surface area contributed by atoms with Crippen molar-refractivity contribution in [2.45, 2.75) is 57.6 Å². The first-order valence-corrected chi connectivity index (χ1v) is 9.58.